The average Bonchev–Trinajstić information content (AvgIpc) is 2.46. The van der Waals surface area contributed by atoms with Crippen molar-refractivity contribution < 1.29 is 23.3 Å². The maximum Gasteiger partial charge on any atom is 0.351 e. The second-order valence-corrected chi connectivity index (χ2v) is 6.16. The molecule has 0 fully saturated rings. The first kappa shape index (κ1) is 17.6. The third-order valence-electron chi connectivity index (χ3n) is 2.70. The lowest BCUT2D eigenvalue weighted by Gasteiger charge is -2.23. The van der Waals surface area contributed by atoms with Gasteiger partial charge in [0.15, 0.2) is 5.75 Å². The first-order chi connectivity index (χ1) is 9.89. The summed E-state index contributed by atoms with van der Waals surface area (Å²) in [7, 11) is -2.26. The second-order valence-electron chi connectivity index (χ2n) is 4.01. The predicted molar refractivity (Wildman–Crippen MR) is 77.4 cm³/mol. The Morgan fingerprint density at radius 1 is 1.33 bits per heavy atom. The van der Waals surface area contributed by atoms with Gasteiger partial charge in [0.05, 0.1) is 25.2 Å². The number of nitro groups is 1. The summed E-state index contributed by atoms with van der Waals surface area (Å²) in [5.74, 6) is -1.01. The van der Waals surface area contributed by atoms with Crippen LogP contribution in [0, 0.1) is 10.1 Å². The van der Waals surface area contributed by atoms with Gasteiger partial charge < -0.3 is 19.5 Å². The molecule has 0 unspecified atom stereocenters. The normalized spacial score (nSPS) is 13.0. The van der Waals surface area contributed by atoms with Crippen LogP contribution < -0.4 is 10.5 Å². The Hall–Kier alpha value is -1.47. The summed E-state index contributed by atoms with van der Waals surface area (Å²) in [5.41, 5.74) is 5.96. The number of ether oxygens (including phenoxy) is 1. The van der Waals surface area contributed by atoms with E-state index < -0.39 is 18.3 Å². The molecule has 0 amide bonds. The van der Waals surface area contributed by atoms with Crippen molar-refractivity contribution in [1.82, 2.24) is 0 Å². The molecule has 21 heavy (non-hydrogen) atoms. The van der Waals surface area contributed by atoms with Crippen LogP contribution in [0.25, 0.3) is 0 Å². The molecule has 0 heterocycles. The largest absolute Gasteiger partial charge is 0.490 e. The Morgan fingerprint density at radius 3 is 2.33 bits per heavy atom. The van der Waals surface area contributed by atoms with Crippen molar-refractivity contribution in [3.05, 3.63) is 33.9 Å². The summed E-state index contributed by atoms with van der Waals surface area (Å²) >= 11 is 0. The highest BCUT2D eigenvalue weighted by atomic mass is 31.2. The Bertz CT molecular complexity index is 541. The van der Waals surface area contributed by atoms with Crippen molar-refractivity contribution in [3.63, 3.8) is 0 Å². The number of hydrogen-bond donors (Lipinski definition) is 1. The van der Waals surface area contributed by atoms with Crippen molar-refractivity contribution in [1.29, 1.82) is 0 Å². The average molecular weight is 318 g/mol. The summed E-state index contributed by atoms with van der Waals surface area (Å²) in [4.78, 5) is 10.4. The molecule has 9 heteroatoms. The fraction of sp³-hybridized carbons (Fsp3) is 0.500. The highest BCUT2D eigenvalue weighted by Gasteiger charge is 2.35. The van der Waals surface area contributed by atoms with E-state index in [0.29, 0.717) is 0 Å². The maximum atomic E-state index is 12.6. The molecule has 0 aliphatic carbocycles. The van der Waals surface area contributed by atoms with Gasteiger partial charge in [0.1, 0.15) is 5.78 Å². The number of rotatable bonds is 8. The van der Waals surface area contributed by atoms with Crippen LogP contribution >= 0.6 is 7.60 Å². The zero-order valence-electron chi connectivity index (χ0n) is 12.1. The smallest absolute Gasteiger partial charge is 0.351 e. The van der Waals surface area contributed by atoms with E-state index in [9.17, 15) is 14.7 Å². The molecule has 0 saturated carbocycles. The van der Waals surface area contributed by atoms with Gasteiger partial charge in [-0.15, -0.1) is 0 Å². The molecule has 0 saturated heterocycles. The minimum absolute atomic E-state index is 0.0959. The van der Waals surface area contributed by atoms with Gasteiger partial charge in [0.25, 0.3) is 0 Å². The van der Waals surface area contributed by atoms with Crippen molar-refractivity contribution in [2.75, 3.05) is 20.3 Å². The second kappa shape index (κ2) is 7.51. The molecule has 0 aliphatic heterocycles. The Balaban J connectivity index is 3.22. The number of nitrogens with two attached hydrogens (primary N) is 1. The van der Waals surface area contributed by atoms with Crippen LogP contribution in [0.4, 0.5) is 5.69 Å². The summed E-state index contributed by atoms with van der Waals surface area (Å²) in [5, 5.41) is 11.0. The van der Waals surface area contributed by atoms with Gasteiger partial charge in [0, 0.05) is 6.07 Å². The zero-order chi connectivity index (χ0) is 16.0. The summed E-state index contributed by atoms with van der Waals surface area (Å²) in [6.07, 6.45) is 0. The van der Waals surface area contributed by atoms with Crippen molar-refractivity contribution in [2.45, 2.75) is 19.6 Å². The van der Waals surface area contributed by atoms with Crippen LogP contribution in [0.1, 0.15) is 25.2 Å². The molecule has 0 bridgehead atoms. The minimum Gasteiger partial charge on any atom is -0.490 e. The first-order valence-corrected chi connectivity index (χ1v) is 7.97. The molecule has 2 N–H and O–H groups in total. The highest BCUT2D eigenvalue weighted by molar-refractivity contribution is 7.54. The van der Waals surface area contributed by atoms with Crippen LogP contribution in [-0.4, -0.2) is 25.2 Å². The highest BCUT2D eigenvalue weighted by Crippen LogP contribution is 2.58. The summed E-state index contributed by atoms with van der Waals surface area (Å²) < 4.78 is 27.8. The van der Waals surface area contributed by atoms with E-state index in [2.05, 4.69) is 0 Å². The summed E-state index contributed by atoms with van der Waals surface area (Å²) in [6.45, 7) is 3.64. The number of nitro benzene ring substituents is 1. The Kier molecular flexibility index (Phi) is 6.29. The zero-order valence-corrected chi connectivity index (χ0v) is 13.0. The van der Waals surface area contributed by atoms with E-state index in [1.165, 1.54) is 25.3 Å². The van der Waals surface area contributed by atoms with E-state index in [1.807, 2.05) is 0 Å². The van der Waals surface area contributed by atoms with Crippen LogP contribution in [0.2, 0.25) is 0 Å². The van der Waals surface area contributed by atoms with Gasteiger partial charge in [-0.1, -0.05) is 6.07 Å². The number of hydrogen-bond acceptors (Lipinski definition) is 7. The van der Waals surface area contributed by atoms with Gasteiger partial charge in [-0.2, -0.15) is 0 Å². The summed E-state index contributed by atoms with van der Waals surface area (Å²) in [6, 6.07) is 4.12. The third-order valence-corrected chi connectivity index (χ3v) is 4.92. The van der Waals surface area contributed by atoms with Crippen LogP contribution in [0.5, 0.6) is 5.75 Å². The monoisotopic (exact) mass is 318 g/mol. The number of nitrogens with zero attached hydrogens (tertiary/aromatic N) is 1. The van der Waals surface area contributed by atoms with Gasteiger partial charge >= 0.3 is 13.3 Å². The molecule has 0 aliphatic rings. The molecule has 118 valence electrons. The Morgan fingerprint density at radius 2 is 1.90 bits per heavy atom. The van der Waals surface area contributed by atoms with E-state index in [0.717, 1.165) is 0 Å². The standard InChI is InChI=1S/C12H19N2O6P/c1-4-19-21(17,20-5-2)12(13)9-6-7-11(18-3)10(8-9)14(15)16/h6-8,12H,4-5,13H2,1-3H3/t12-/m0/s1. The molecular weight excluding hydrogens is 299 g/mol. The fourth-order valence-corrected chi connectivity index (χ4v) is 3.42. The molecule has 0 spiro atoms. The third kappa shape index (κ3) is 4.01. The van der Waals surface area contributed by atoms with E-state index >= 15 is 0 Å². The maximum absolute atomic E-state index is 12.6. The van der Waals surface area contributed by atoms with Crippen molar-refractivity contribution >= 4 is 13.3 Å². The van der Waals surface area contributed by atoms with E-state index in [1.54, 1.807) is 13.8 Å². The topological polar surface area (TPSA) is 114 Å². The van der Waals surface area contributed by atoms with Crippen LogP contribution in [-0.2, 0) is 13.6 Å². The van der Waals surface area contributed by atoms with Gasteiger partial charge in [-0.3, -0.25) is 14.7 Å². The molecule has 1 aromatic carbocycles. The van der Waals surface area contributed by atoms with Crippen molar-refractivity contribution in [2.24, 2.45) is 5.73 Å². The lowest BCUT2D eigenvalue weighted by Crippen LogP contribution is -2.15. The molecule has 1 aromatic rings. The SMILES string of the molecule is CCOP(=O)(OCC)[C@H](N)c1ccc(OC)c([N+](=O)[O-])c1. The first-order valence-electron chi connectivity index (χ1n) is 6.36. The molecule has 0 radical (unpaired) electrons. The molecule has 1 rings (SSSR count). The molecular formula is C12H19N2O6P. The molecule has 1 atom stereocenters. The van der Waals surface area contributed by atoms with E-state index in [-0.39, 0.29) is 30.2 Å². The van der Waals surface area contributed by atoms with Gasteiger partial charge in [-0.05, 0) is 25.5 Å². The molecule has 8 nitrogen and oxygen atoms in total. The van der Waals surface area contributed by atoms with Gasteiger partial charge in [-0.25, -0.2) is 0 Å². The molecule has 0 aromatic heterocycles. The quantitative estimate of drug-likeness (QED) is 0.445. The van der Waals surface area contributed by atoms with Crippen LogP contribution in [0.3, 0.4) is 0 Å². The van der Waals surface area contributed by atoms with E-state index in [4.69, 9.17) is 19.5 Å². The predicted octanol–water partition coefficient (Wildman–Crippen LogP) is 2.83. The number of benzene rings is 1. The number of methoxy groups -OCH3 is 1. The van der Waals surface area contributed by atoms with Crippen LogP contribution in [0.15, 0.2) is 18.2 Å². The fourth-order valence-electron chi connectivity index (χ4n) is 1.77. The van der Waals surface area contributed by atoms with Gasteiger partial charge in [0.2, 0.25) is 0 Å². The minimum atomic E-state index is -3.59. The lowest BCUT2D eigenvalue weighted by molar-refractivity contribution is -0.385. The Labute approximate surface area is 122 Å². The lowest BCUT2D eigenvalue weighted by atomic mass is 10.2. The van der Waals surface area contributed by atoms with Crippen molar-refractivity contribution in [3.8, 4) is 5.75 Å².